The van der Waals surface area contributed by atoms with Crippen molar-refractivity contribution in [2.24, 2.45) is 7.05 Å². The highest BCUT2D eigenvalue weighted by Crippen LogP contribution is 2.39. The number of hydrogen-bond donors (Lipinski definition) is 2. The molecule has 4 heterocycles. The number of anilines is 3. The van der Waals surface area contributed by atoms with Crippen LogP contribution in [0.3, 0.4) is 0 Å². The minimum atomic E-state index is -4.72. The quantitative estimate of drug-likeness (QED) is 0.487. The Morgan fingerprint density at radius 1 is 1.13 bits per heavy atom. The second kappa shape index (κ2) is 6.93. The molecule has 9 nitrogen and oxygen atoms in total. The second-order valence-electron chi connectivity index (χ2n) is 6.55. The first kappa shape index (κ1) is 19.5. The molecule has 0 aliphatic rings. The third kappa shape index (κ3) is 3.49. The number of aromatic nitrogens is 7. The lowest BCUT2D eigenvalue weighted by molar-refractivity contribution is -0.143. The number of fused-ring (bicyclic) bond motifs is 1. The van der Waals surface area contributed by atoms with Crippen LogP contribution in [-0.2, 0) is 13.2 Å². The van der Waals surface area contributed by atoms with Crippen molar-refractivity contribution in [3.05, 3.63) is 48.3 Å². The summed E-state index contributed by atoms with van der Waals surface area (Å²) in [4.78, 5) is 19.7. The van der Waals surface area contributed by atoms with Crippen molar-refractivity contribution in [1.29, 1.82) is 0 Å². The molecule has 156 valence electrons. The van der Waals surface area contributed by atoms with Crippen LogP contribution in [0, 0.1) is 5.82 Å². The van der Waals surface area contributed by atoms with Crippen molar-refractivity contribution >= 4 is 28.6 Å². The number of aryl methyl sites for hydroxylation is 1. The fourth-order valence-electron chi connectivity index (χ4n) is 3.07. The zero-order valence-electron chi connectivity index (χ0n) is 15.7. The van der Waals surface area contributed by atoms with Gasteiger partial charge in [-0.1, -0.05) is 0 Å². The Labute approximate surface area is 166 Å². The van der Waals surface area contributed by atoms with Gasteiger partial charge in [0.2, 0.25) is 5.95 Å². The maximum absolute atomic E-state index is 13.9. The van der Waals surface area contributed by atoms with E-state index in [0.29, 0.717) is 5.82 Å². The molecule has 0 aromatic carbocycles. The molecule has 0 radical (unpaired) electrons. The minimum Gasteiger partial charge on any atom is -0.368 e. The van der Waals surface area contributed by atoms with Gasteiger partial charge in [0.05, 0.1) is 30.1 Å². The summed E-state index contributed by atoms with van der Waals surface area (Å²) >= 11 is 0. The molecule has 0 aliphatic carbocycles. The maximum Gasteiger partial charge on any atom is 0.431 e. The first-order valence-electron chi connectivity index (χ1n) is 8.61. The monoisotopic (exact) mass is 421 g/mol. The highest BCUT2D eigenvalue weighted by atomic mass is 19.4. The first-order chi connectivity index (χ1) is 14.1. The van der Waals surface area contributed by atoms with E-state index < -0.39 is 23.7 Å². The van der Waals surface area contributed by atoms with Crippen LogP contribution in [-0.4, -0.2) is 34.1 Å². The number of hydrogen-bond acceptors (Lipinski definition) is 7. The van der Waals surface area contributed by atoms with Crippen LogP contribution in [0.4, 0.5) is 35.1 Å². The zero-order valence-corrected chi connectivity index (χ0v) is 15.7. The molecule has 4 rings (SSSR count). The van der Waals surface area contributed by atoms with Gasteiger partial charge in [-0.3, -0.25) is 0 Å². The summed E-state index contributed by atoms with van der Waals surface area (Å²) in [6.45, 7) is 1.45. The number of nitrogens with zero attached hydrogens (tertiary/aromatic N) is 7. The standard InChI is InChI=1S/C17H15F4N9/c1-8(13-23-4-9(18)5-24-13)30-11(17(19,20)21)3-10-14(27-16(22)28-15(10)30)26-12-6-29(2)7-25-12/h3-8H,1-2H3,(H3,22,26,27,28)/t8-/m0/s1. The summed E-state index contributed by atoms with van der Waals surface area (Å²) in [5.41, 5.74) is 4.69. The molecule has 0 spiro atoms. The molecule has 13 heteroatoms. The van der Waals surface area contributed by atoms with Gasteiger partial charge in [-0.25, -0.2) is 19.3 Å². The van der Waals surface area contributed by atoms with Crippen molar-refractivity contribution in [2.75, 3.05) is 11.1 Å². The minimum absolute atomic E-state index is 0.0178. The predicted octanol–water partition coefficient (Wildman–Crippen LogP) is 3.05. The van der Waals surface area contributed by atoms with Crippen molar-refractivity contribution in [3.63, 3.8) is 0 Å². The maximum atomic E-state index is 13.9. The van der Waals surface area contributed by atoms with Crippen LogP contribution in [0.5, 0.6) is 0 Å². The van der Waals surface area contributed by atoms with Crippen molar-refractivity contribution in [2.45, 2.75) is 19.1 Å². The van der Waals surface area contributed by atoms with Gasteiger partial charge in [-0.15, -0.1) is 0 Å². The highest BCUT2D eigenvalue weighted by molar-refractivity contribution is 5.91. The Hall–Kier alpha value is -3.77. The zero-order chi connectivity index (χ0) is 21.6. The fourth-order valence-corrected chi connectivity index (χ4v) is 3.07. The Bertz CT molecular complexity index is 1210. The number of rotatable bonds is 4. The molecular formula is C17H15F4N9. The predicted molar refractivity (Wildman–Crippen MR) is 99.2 cm³/mol. The van der Waals surface area contributed by atoms with E-state index in [1.165, 1.54) is 13.3 Å². The molecule has 4 aromatic heterocycles. The SMILES string of the molecule is C[C@@H](c1ncc(F)cn1)n1c(C(F)(F)F)cc2c(Nc3cn(C)cn3)nc(N)nc21. The van der Waals surface area contributed by atoms with Crippen LogP contribution < -0.4 is 11.1 Å². The van der Waals surface area contributed by atoms with E-state index in [9.17, 15) is 17.6 Å². The average Bonchev–Trinajstić information content (AvgIpc) is 3.25. The Morgan fingerprint density at radius 2 is 1.83 bits per heavy atom. The summed E-state index contributed by atoms with van der Waals surface area (Å²) in [5.74, 6) is -0.523. The van der Waals surface area contributed by atoms with Gasteiger partial charge in [-0.05, 0) is 13.0 Å². The van der Waals surface area contributed by atoms with E-state index in [0.717, 1.165) is 23.0 Å². The van der Waals surface area contributed by atoms with Gasteiger partial charge in [0.15, 0.2) is 11.6 Å². The van der Waals surface area contributed by atoms with Crippen LogP contribution in [0.25, 0.3) is 11.0 Å². The first-order valence-corrected chi connectivity index (χ1v) is 8.61. The summed E-state index contributed by atoms with van der Waals surface area (Å²) in [6, 6.07) is -0.100. The van der Waals surface area contributed by atoms with Gasteiger partial charge in [0, 0.05) is 13.2 Å². The van der Waals surface area contributed by atoms with Crippen molar-refractivity contribution in [1.82, 2.24) is 34.1 Å². The van der Waals surface area contributed by atoms with E-state index in [4.69, 9.17) is 5.73 Å². The fraction of sp³-hybridized carbons (Fsp3) is 0.235. The van der Waals surface area contributed by atoms with Gasteiger partial charge in [-0.2, -0.15) is 23.1 Å². The molecule has 0 unspecified atom stereocenters. The summed E-state index contributed by atoms with van der Waals surface area (Å²) in [7, 11) is 1.74. The summed E-state index contributed by atoms with van der Waals surface area (Å²) in [6.07, 6.45) is 0.196. The lowest BCUT2D eigenvalue weighted by Gasteiger charge is -2.18. The average molecular weight is 421 g/mol. The molecule has 0 bridgehead atoms. The van der Waals surface area contributed by atoms with Crippen molar-refractivity contribution in [3.8, 4) is 0 Å². The third-order valence-electron chi connectivity index (χ3n) is 4.35. The molecular weight excluding hydrogens is 406 g/mol. The van der Waals surface area contributed by atoms with Gasteiger partial charge in [0.1, 0.15) is 23.0 Å². The number of halogens is 4. The number of nitrogen functional groups attached to an aromatic ring is 1. The normalized spacial score (nSPS) is 13.0. The largest absolute Gasteiger partial charge is 0.431 e. The second-order valence-corrected chi connectivity index (χ2v) is 6.55. The Kier molecular flexibility index (Phi) is 4.51. The van der Waals surface area contributed by atoms with E-state index in [1.807, 2.05) is 0 Å². The number of alkyl halides is 3. The van der Waals surface area contributed by atoms with E-state index in [1.54, 1.807) is 17.8 Å². The number of nitrogens with two attached hydrogens (primary N) is 1. The molecule has 30 heavy (non-hydrogen) atoms. The molecule has 0 saturated carbocycles. The van der Waals surface area contributed by atoms with Gasteiger partial charge in [0.25, 0.3) is 0 Å². The van der Waals surface area contributed by atoms with Crippen LogP contribution in [0.2, 0.25) is 0 Å². The molecule has 4 aromatic rings. The van der Waals surface area contributed by atoms with E-state index >= 15 is 0 Å². The van der Waals surface area contributed by atoms with Crippen LogP contribution in [0.1, 0.15) is 24.5 Å². The van der Waals surface area contributed by atoms with Crippen LogP contribution >= 0.6 is 0 Å². The lowest BCUT2D eigenvalue weighted by Crippen LogP contribution is -2.19. The molecule has 1 atom stereocenters. The highest BCUT2D eigenvalue weighted by Gasteiger charge is 2.38. The summed E-state index contributed by atoms with van der Waals surface area (Å²) < 4.78 is 57.3. The lowest BCUT2D eigenvalue weighted by atomic mass is 10.3. The smallest absolute Gasteiger partial charge is 0.368 e. The molecule has 0 saturated heterocycles. The third-order valence-corrected chi connectivity index (χ3v) is 4.35. The van der Waals surface area contributed by atoms with E-state index in [2.05, 4.69) is 30.2 Å². The van der Waals surface area contributed by atoms with Crippen LogP contribution in [0.15, 0.2) is 31.0 Å². The van der Waals surface area contributed by atoms with Gasteiger partial charge >= 0.3 is 6.18 Å². The van der Waals surface area contributed by atoms with Crippen molar-refractivity contribution < 1.29 is 17.6 Å². The number of nitrogens with one attached hydrogen (secondary N) is 1. The molecule has 3 N–H and O–H groups in total. The Balaban J connectivity index is 1.92. The van der Waals surface area contributed by atoms with E-state index in [-0.39, 0.29) is 28.6 Å². The number of imidazole rings is 1. The molecule has 0 fully saturated rings. The summed E-state index contributed by atoms with van der Waals surface area (Å²) in [5, 5.41) is 2.94. The Morgan fingerprint density at radius 3 is 2.43 bits per heavy atom. The van der Waals surface area contributed by atoms with Gasteiger partial charge < -0.3 is 20.2 Å². The molecule has 0 amide bonds. The topological polar surface area (TPSA) is 112 Å². The molecule has 0 aliphatic heterocycles.